The summed E-state index contributed by atoms with van der Waals surface area (Å²) in [4.78, 5) is 0.356. The van der Waals surface area contributed by atoms with E-state index in [0.29, 0.717) is 18.0 Å². The third-order valence-corrected chi connectivity index (χ3v) is 6.47. The van der Waals surface area contributed by atoms with Crippen molar-refractivity contribution < 1.29 is 8.42 Å². The van der Waals surface area contributed by atoms with Crippen LogP contribution in [-0.2, 0) is 23.1 Å². The highest BCUT2D eigenvalue weighted by Gasteiger charge is 2.20. The van der Waals surface area contributed by atoms with E-state index >= 15 is 0 Å². The molecule has 0 amide bonds. The van der Waals surface area contributed by atoms with Gasteiger partial charge in [0.1, 0.15) is 0 Å². The van der Waals surface area contributed by atoms with Crippen LogP contribution in [0.5, 0.6) is 0 Å². The summed E-state index contributed by atoms with van der Waals surface area (Å²) in [6, 6.07) is 9.14. The van der Waals surface area contributed by atoms with Gasteiger partial charge in [-0.15, -0.1) is 11.3 Å². The molecule has 2 rings (SSSR count). The number of nitrogens with zero attached hydrogens (tertiary/aromatic N) is 1. The van der Waals surface area contributed by atoms with Crippen molar-refractivity contribution in [2.45, 2.75) is 18.0 Å². The molecule has 0 bridgehead atoms. The maximum atomic E-state index is 12.3. The van der Waals surface area contributed by atoms with Gasteiger partial charge >= 0.3 is 0 Å². The van der Waals surface area contributed by atoms with E-state index < -0.39 is 10.0 Å². The lowest BCUT2D eigenvalue weighted by molar-refractivity contribution is 0.518. The second-order valence-electron chi connectivity index (χ2n) is 4.76. The molecule has 2 aromatic rings. The third-order valence-electron chi connectivity index (χ3n) is 3.00. The van der Waals surface area contributed by atoms with Crippen LogP contribution in [0.3, 0.4) is 0 Å². The number of nitrogens with one attached hydrogen (secondary N) is 1. The van der Waals surface area contributed by atoms with Crippen molar-refractivity contribution in [2.24, 2.45) is 0 Å². The number of benzene rings is 1. The molecular formula is C14H17BrN2O2S2. The summed E-state index contributed by atoms with van der Waals surface area (Å²) in [5.41, 5.74) is 1.96. The Kier molecular flexibility index (Phi) is 5.56. The van der Waals surface area contributed by atoms with Gasteiger partial charge in [0.05, 0.1) is 8.68 Å². The summed E-state index contributed by atoms with van der Waals surface area (Å²) in [6.45, 7) is 1.22. The Morgan fingerprint density at radius 3 is 2.57 bits per heavy atom. The van der Waals surface area contributed by atoms with Crippen molar-refractivity contribution in [2.75, 3.05) is 14.1 Å². The van der Waals surface area contributed by atoms with Crippen LogP contribution in [0.15, 0.2) is 44.4 Å². The van der Waals surface area contributed by atoms with Crippen LogP contribution < -0.4 is 5.32 Å². The first-order chi connectivity index (χ1) is 9.91. The van der Waals surface area contributed by atoms with E-state index in [1.165, 1.54) is 9.87 Å². The fourth-order valence-corrected chi connectivity index (χ4v) is 4.20. The standard InChI is InChI=1S/C14H17BrN2O2S2/c1-17(2)21(18,19)13-6-4-3-5-12(13)9-16-8-11-7-14(15)20-10-11/h3-7,10,16H,8-9H2,1-2H3. The van der Waals surface area contributed by atoms with Crippen molar-refractivity contribution in [1.29, 1.82) is 0 Å². The van der Waals surface area contributed by atoms with Crippen LogP contribution in [0.1, 0.15) is 11.1 Å². The first kappa shape index (κ1) is 16.6. The Morgan fingerprint density at radius 2 is 1.95 bits per heavy atom. The Balaban J connectivity index is 2.10. The highest BCUT2D eigenvalue weighted by Crippen LogP contribution is 2.21. The molecular weight excluding hydrogens is 372 g/mol. The lowest BCUT2D eigenvalue weighted by Gasteiger charge is -2.15. The maximum Gasteiger partial charge on any atom is 0.242 e. The molecule has 114 valence electrons. The third kappa shape index (κ3) is 4.14. The van der Waals surface area contributed by atoms with E-state index in [9.17, 15) is 8.42 Å². The zero-order chi connectivity index (χ0) is 15.5. The molecule has 0 aliphatic carbocycles. The van der Waals surface area contributed by atoms with E-state index in [1.807, 2.05) is 12.1 Å². The molecule has 0 aliphatic heterocycles. The minimum Gasteiger partial charge on any atom is -0.309 e. The fourth-order valence-electron chi connectivity index (χ4n) is 1.88. The molecule has 0 unspecified atom stereocenters. The molecule has 0 aliphatic rings. The lowest BCUT2D eigenvalue weighted by Crippen LogP contribution is -2.24. The Labute approximate surface area is 138 Å². The lowest BCUT2D eigenvalue weighted by atomic mass is 10.2. The number of sulfonamides is 1. The zero-order valence-electron chi connectivity index (χ0n) is 11.8. The Morgan fingerprint density at radius 1 is 1.24 bits per heavy atom. The number of halogens is 1. The first-order valence-electron chi connectivity index (χ1n) is 6.35. The monoisotopic (exact) mass is 388 g/mol. The van der Waals surface area contributed by atoms with E-state index in [0.717, 1.165) is 9.35 Å². The molecule has 0 saturated heterocycles. The van der Waals surface area contributed by atoms with Gasteiger partial charge in [-0.25, -0.2) is 12.7 Å². The van der Waals surface area contributed by atoms with Gasteiger partial charge < -0.3 is 5.32 Å². The molecule has 1 aromatic heterocycles. The molecule has 0 radical (unpaired) electrons. The summed E-state index contributed by atoms with van der Waals surface area (Å²) < 4.78 is 26.9. The van der Waals surface area contributed by atoms with Crippen LogP contribution in [0.25, 0.3) is 0 Å². The molecule has 0 saturated carbocycles. The van der Waals surface area contributed by atoms with Crippen molar-refractivity contribution in [3.63, 3.8) is 0 Å². The van der Waals surface area contributed by atoms with E-state index in [2.05, 4.69) is 32.7 Å². The fraction of sp³-hybridized carbons (Fsp3) is 0.286. The van der Waals surface area contributed by atoms with Gasteiger partial charge in [0.2, 0.25) is 10.0 Å². The summed E-state index contributed by atoms with van der Waals surface area (Å²) in [7, 11) is -0.322. The van der Waals surface area contributed by atoms with Crippen molar-refractivity contribution in [1.82, 2.24) is 9.62 Å². The van der Waals surface area contributed by atoms with E-state index in [4.69, 9.17) is 0 Å². The minimum absolute atomic E-state index is 0.356. The molecule has 21 heavy (non-hydrogen) atoms. The summed E-state index contributed by atoms with van der Waals surface area (Å²) in [5.74, 6) is 0. The van der Waals surface area contributed by atoms with Gasteiger partial charge in [-0.3, -0.25) is 0 Å². The van der Waals surface area contributed by atoms with Crippen LogP contribution in [0.4, 0.5) is 0 Å². The van der Waals surface area contributed by atoms with Crippen molar-refractivity contribution >= 4 is 37.3 Å². The van der Waals surface area contributed by atoms with Gasteiger partial charge in [0, 0.05) is 27.2 Å². The molecule has 0 spiro atoms. The van der Waals surface area contributed by atoms with Crippen LogP contribution in [0.2, 0.25) is 0 Å². The van der Waals surface area contributed by atoms with Gasteiger partial charge in [-0.2, -0.15) is 0 Å². The number of hydrogen-bond donors (Lipinski definition) is 1. The van der Waals surface area contributed by atoms with Crippen LogP contribution >= 0.6 is 27.3 Å². The molecule has 0 fully saturated rings. The van der Waals surface area contributed by atoms with Crippen molar-refractivity contribution in [3.8, 4) is 0 Å². The average Bonchev–Trinajstić information content (AvgIpc) is 2.85. The topological polar surface area (TPSA) is 49.4 Å². The molecule has 1 heterocycles. The van der Waals surface area contributed by atoms with Gasteiger partial charge in [-0.05, 0) is 44.6 Å². The van der Waals surface area contributed by atoms with Crippen molar-refractivity contribution in [3.05, 3.63) is 50.6 Å². The normalized spacial score (nSPS) is 12.0. The largest absolute Gasteiger partial charge is 0.309 e. The van der Waals surface area contributed by atoms with Crippen LogP contribution in [0, 0.1) is 0 Å². The molecule has 4 nitrogen and oxygen atoms in total. The smallest absolute Gasteiger partial charge is 0.242 e. The van der Waals surface area contributed by atoms with Gasteiger partial charge in [0.25, 0.3) is 0 Å². The summed E-state index contributed by atoms with van der Waals surface area (Å²) in [6.07, 6.45) is 0. The predicted molar refractivity (Wildman–Crippen MR) is 89.9 cm³/mol. The van der Waals surface area contributed by atoms with Gasteiger partial charge in [0.15, 0.2) is 0 Å². The molecule has 1 N–H and O–H groups in total. The van der Waals surface area contributed by atoms with E-state index in [-0.39, 0.29) is 0 Å². The number of hydrogen-bond acceptors (Lipinski definition) is 4. The Bertz CT molecular complexity index is 711. The predicted octanol–water partition coefficient (Wildman–Crippen LogP) is 3.05. The summed E-state index contributed by atoms with van der Waals surface area (Å²) in [5, 5.41) is 5.35. The maximum absolute atomic E-state index is 12.3. The Hall–Kier alpha value is -0.730. The highest BCUT2D eigenvalue weighted by molar-refractivity contribution is 9.11. The molecule has 1 aromatic carbocycles. The average molecular weight is 389 g/mol. The minimum atomic E-state index is -3.41. The summed E-state index contributed by atoms with van der Waals surface area (Å²) >= 11 is 5.06. The SMILES string of the molecule is CN(C)S(=O)(=O)c1ccccc1CNCc1csc(Br)c1. The second kappa shape index (κ2) is 7.02. The highest BCUT2D eigenvalue weighted by atomic mass is 79.9. The molecule has 0 atom stereocenters. The van der Waals surface area contributed by atoms with Crippen LogP contribution in [-0.4, -0.2) is 26.8 Å². The zero-order valence-corrected chi connectivity index (χ0v) is 15.1. The number of thiophene rings is 1. The van der Waals surface area contributed by atoms with E-state index in [1.54, 1.807) is 37.6 Å². The van der Waals surface area contributed by atoms with Gasteiger partial charge in [-0.1, -0.05) is 18.2 Å². The quantitative estimate of drug-likeness (QED) is 0.826. The molecule has 7 heteroatoms. The number of rotatable bonds is 6. The second-order valence-corrected chi connectivity index (χ2v) is 9.17. The first-order valence-corrected chi connectivity index (χ1v) is 9.46.